The van der Waals surface area contributed by atoms with Gasteiger partial charge in [-0.25, -0.2) is 14.1 Å². The van der Waals surface area contributed by atoms with E-state index in [4.69, 9.17) is 11.6 Å². The highest BCUT2D eigenvalue weighted by molar-refractivity contribution is 6.31. The third-order valence-corrected chi connectivity index (χ3v) is 7.05. The SMILES string of the molecule is O=C(NC1CCC(Nc2cc(C(F)(F)F)nc3ccc(Cl)cc23)CC1)c1cnn(-c2cccc(F)c2)c1C(F)(F)F. The van der Waals surface area contributed by atoms with Gasteiger partial charge in [-0.2, -0.15) is 31.4 Å². The smallest absolute Gasteiger partial charge is 0.382 e. The number of fused-ring (bicyclic) bond motifs is 1. The molecule has 0 spiro atoms. The van der Waals surface area contributed by atoms with Crippen LogP contribution in [0.5, 0.6) is 0 Å². The van der Waals surface area contributed by atoms with Gasteiger partial charge in [0, 0.05) is 28.2 Å². The Hall–Kier alpha value is -3.87. The number of halogens is 8. The molecule has 4 aromatic rings. The lowest BCUT2D eigenvalue weighted by molar-refractivity contribution is -0.143. The molecule has 216 valence electrons. The van der Waals surface area contributed by atoms with E-state index >= 15 is 0 Å². The number of nitrogens with one attached hydrogen (secondary N) is 2. The second-order valence-electron chi connectivity index (χ2n) is 9.68. The van der Waals surface area contributed by atoms with Gasteiger partial charge in [0.2, 0.25) is 0 Å². The number of nitrogens with zero attached hydrogens (tertiary/aromatic N) is 3. The van der Waals surface area contributed by atoms with Gasteiger partial charge in [0.25, 0.3) is 5.91 Å². The summed E-state index contributed by atoms with van der Waals surface area (Å²) in [4.78, 5) is 16.6. The normalized spacial score (nSPS) is 18.0. The molecule has 2 aromatic carbocycles. The second kappa shape index (κ2) is 10.8. The third kappa shape index (κ3) is 6.24. The number of anilines is 1. The maximum Gasteiger partial charge on any atom is 0.434 e. The molecule has 2 heterocycles. The first-order valence-electron chi connectivity index (χ1n) is 12.5. The lowest BCUT2D eigenvalue weighted by Crippen LogP contribution is -2.40. The Balaban J connectivity index is 1.29. The largest absolute Gasteiger partial charge is 0.434 e. The van der Waals surface area contributed by atoms with Gasteiger partial charge >= 0.3 is 12.4 Å². The Morgan fingerprint density at radius 1 is 0.927 bits per heavy atom. The monoisotopic (exact) mass is 599 g/mol. The second-order valence-corrected chi connectivity index (χ2v) is 10.1. The lowest BCUT2D eigenvalue weighted by Gasteiger charge is -2.30. The molecule has 0 aliphatic heterocycles. The molecule has 1 aliphatic rings. The van der Waals surface area contributed by atoms with Crippen LogP contribution < -0.4 is 10.6 Å². The van der Waals surface area contributed by atoms with Crippen molar-refractivity contribution in [3.05, 3.63) is 82.5 Å². The predicted octanol–water partition coefficient (Wildman–Crippen LogP) is 7.40. The molecule has 1 fully saturated rings. The number of amides is 1. The van der Waals surface area contributed by atoms with Crippen LogP contribution in [0.2, 0.25) is 5.02 Å². The highest BCUT2D eigenvalue weighted by Gasteiger charge is 2.41. The molecule has 1 aliphatic carbocycles. The van der Waals surface area contributed by atoms with E-state index in [0.717, 1.165) is 24.4 Å². The molecule has 1 saturated carbocycles. The molecule has 2 N–H and O–H groups in total. The van der Waals surface area contributed by atoms with Crippen LogP contribution in [0.3, 0.4) is 0 Å². The van der Waals surface area contributed by atoms with Gasteiger partial charge in [-0.1, -0.05) is 17.7 Å². The van der Waals surface area contributed by atoms with E-state index in [1.54, 1.807) is 0 Å². The Morgan fingerprint density at radius 3 is 2.29 bits per heavy atom. The summed E-state index contributed by atoms with van der Waals surface area (Å²) in [5.74, 6) is -1.75. The van der Waals surface area contributed by atoms with E-state index in [9.17, 15) is 35.5 Å². The van der Waals surface area contributed by atoms with E-state index in [0.29, 0.717) is 40.8 Å². The van der Waals surface area contributed by atoms with Gasteiger partial charge in [0.05, 0.1) is 23.0 Å². The zero-order chi connectivity index (χ0) is 29.5. The molecule has 6 nitrogen and oxygen atoms in total. The predicted molar refractivity (Wildman–Crippen MR) is 137 cm³/mol. The summed E-state index contributed by atoms with van der Waals surface area (Å²) in [6.45, 7) is 0. The third-order valence-electron chi connectivity index (χ3n) is 6.82. The van der Waals surface area contributed by atoms with Crippen molar-refractivity contribution in [2.75, 3.05) is 5.32 Å². The summed E-state index contributed by atoms with van der Waals surface area (Å²) in [5, 5.41) is 10.2. The van der Waals surface area contributed by atoms with Crippen LogP contribution in [0, 0.1) is 5.82 Å². The number of alkyl halides is 6. The molecule has 1 amide bonds. The summed E-state index contributed by atoms with van der Waals surface area (Å²) in [6, 6.07) is 8.93. The molecular formula is C27H21ClF7N5O. The van der Waals surface area contributed by atoms with Crippen LogP contribution in [-0.4, -0.2) is 32.8 Å². The van der Waals surface area contributed by atoms with Crippen molar-refractivity contribution in [3.8, 4) is 5.69 Å². The molecule has 0 unspecified atom stereocenters. The standard InChI is InChI=1S/C27H21ClF7N5O/c28-14-4-9-21-19(10-14)22(12-23(39-21)26(30,31)32)37-16-5-7-17(8-6-16)38-25(41)20-13-36-40(24(20)27(33,34)35)18-3-1-2-15(29)11-18/h1-4,9-13,16-17H,5-8H2,(H,37,39)(H,38,41). The van der Waals surface area contributed by atoms with Gasteiger partial charge < -0.3 is 10.6 Å². The Kier molecular flexibility index (Phi) is 7.58. The quantitative estimate of drug-likeness (QED) is 0.235. The van der Waals surface area contributed by atoms with E-state index < -0.39 is 47.1 Å². The fraction of sp³-hybridized carbons (Fsp3) is 0.296. The number of aromatic nitrogens is 3. The number of carbonyl (C=O) groups excluding carboxylic acids is 1. The average Bonchev–Trinajstić information content (AvgIpc) is 3.36. The van der Waals surface area contributed by atoms with Gasteiger partial charge in [-0.15, -0.1) is 0 Å². The molecular weight excluding hydrogens is 579 g/mol. The number of rotatable bonds is 5. The first kappa shape index (κ1) is 28.7. The van der Waals surface area contributed by atoms with Crippen molar-refractivity contribution < 1.29 is 35.5 Å². The zero-order valence-electron chi connectivity index (χ0n) is 21.0. The maximum atomic E-state index is 13.9. The van der Waals surface area contributed by atoms with Gasteiger partial charge in [0.1, 0.15) is 11.5 Å². The van der Waals surface area contributed by atoms with Crippen LogP contribution >= 0.6 is 11.6 Å². The number of pyridine rings is 1. The van der Waals surface area contributed by atoms with Crippen LogP contribution in [0.4, 0.5) is 36.4 Å². The van der Waals surface area contributed by atoms with Crippen LogP contribution in [0.15, 0.2) is 54.7 Å². The van der Waals surface area contributed by atoms with Crippen molar-refractivity contribution in [2.24, 2.45) is 0 Å². The number of carbonyl (C=O) groups is 1. The van der Waals surface area contributed by atoms with E-state index in [-0.39, 0.29) is 22.9 Å². The molecule has 5 rings (SSSR count). The summed E-state index contributed by atoms with van der Waals surface area (Å²) >= 11 is 6.05. The minimum atomic E-state index is -4.96. The Bertz CT molecular complexity index is 1590. The molecule has 0 radical (unpaired) electrons. The Morgan fingerprint density at radius 2 is 1.63 bits per heavy atom. The lowest BCUT2D eigenvalue weighted by atomic mass is 9.90. The average molecular weight is 600 g/mol. The maximum absolute atomic E-state index is 13.9. The molecule has 2 aromatic heterocycles. The molecule has 41 heavy (non-hydrogen) atoms. The van der Waals surface area contributed by atoms with Gasteiger partial charge in [-0.05, 0) is 68.1 Å². The van der Waals surface area contributed by atoms with E-state index in [1.165, 1.54) is 30.3 Å². The first-order valence-corrected chi connectivity index (χ1v) is 12.8. The number of hydrogen-bond acceptors (Lipinski definition) is 4. The molecule has 0 saturated heterocycles. The molecule has 0 bridgehead atoms. The Labute approximate surface area is 233 Å². The van der Waals surface area contributed by atoms with Crippen LogP contribution in [0.25, 0.3) is 16.6 Å². The van der Waals surface area contributed by atoms with Crippen molar-refractivity contribution in [3.63, 3.8) is 0 Å². The summed E-state index contributed by atoms with van der Waals surface area (Å²) < 4.78 is 96.2. The highest BCUT2D eigenvalue weighted by Crippen LogP contribution is 2.36. The van der Waals surface area contributed by atoms with E-state index in [1.807, 2.05) is 0 Å². The summed E-state index contributed by atoms with van der Waals surface area (Å²) in [6.07, 6.45) is -7.27. The van der Waals surface area contributed by atoms with Gasteiger partial charge in [-0.3, -0.25) is 4.79 Å². The summed E-state index contributed by atoms with van der Waals surface area (Å²) in [5.41, 5.74) is -2.97. The topological polar surface area (TPSA) is 71.8 Å². The fourth-order valence-corrected chi connectivity index (χ4v) is 5.09. The van der Waals surface area contributed by atoms with Crippen molar-refractivity contribution in [1.29, 1.82) is 0 Å². The first-order chi connectivity index (χ1) is 19.3. The van der Waals surface area contributed by atoms with Crippen LogP contribution in [0.1, 0.15) is 47.4 Å². The van der Waals surface area contributed by atoms with Crippen molar-refractivity contribution >= 4 is 34.1 Å². The minimum absolute atomic E-state index is 0.118. The van der Waals surface area contributed by atoms with Gasteiger partial charge in [0.15, 0.2) is 5.69 Å². The minimum Gasteiger partial charge on any atom is -0.382 e. The van der Waals surface area contributed by atoms with Crippen molar-refractivity contribution in [2.45, 2.75) is 50.1 Å². The van der Waals surface area contributed by atoms with Crippen LogP contribution in [-0.2, 0) is 12.4 Å². The fourth-order valence-electron chi connectivity index (χ4n) is 4.92. The highest BCUT2D eigenvalue weighted by atomic mass is 35.5. The number of benzene rings is 2. The number of hydrogen-bond donors (Lipinski definition) is 2. The van der Waals surface area contributed by atoms with Crippen molar-refractivity contribution in [1.82, 2.24) is 20.1 Å². The molecule has 0 atom stereocenters. The van der Waals surface area contributed by atoms with E-state index in [2.05, 4.69) is 20.7 Å². The molecule has 14 heteroatoms. The summed E-state index contributed by atoms with van der Waals surface area (Å²) in [7, 11) is 0. The zero-order valence-corrected chi connectivity index (χ0v) is 21.7.